The maximum Gasteiger partial charge on any atom is 0.276 e. The summed E-state index contributed by atoms with van der Waals surface area (Å²) in [6.07, 6.45) is 3.93. The van der Waals surface area contributed by atoms with Crippen molar-refractivity contribution in [1.82, 2.24) is 14.8 Å². The van der Waals surface area contributed by atoms with Crippen LogP contribution < -0.4 is 5.32 Å². The van der Waals surface area contributed by atoms with Crippen molar-refractivity contribution in [3.8, 4) is 0 Å². The molecule has 3 rings (SSSR count). The summed E-state index contributed by atoms with van der Waals surface area (Å²) in [5.41, 5.74) is 2.72. The molecule has 0 unspecified atom stereocenters. The fraction of sp³-hybridized carbons (Fsp3) is 0.200. The van der Waals surface area contributed by atoms with Crippen LogP contribution >= 0.6 is 12.2 Å². The van der Waals surface area contributed by atoms with Gasteiger partial charge in [0.05, 0.1) is 0 Å². The van der Waals surface area contributed by atoms with E-state index in [1.165, 1.54) is 10.4 Å². The molecule has 0 radical (unpaired) electrons. The van der Waals surface area contributed by atoms with E-state index in [1.807, 2.05) is 18.2 Å². The number of carbonyl (C=O) groups excluding carboxylic acids is 1. The molecule has 4 nitrogen and oxygen atoms in total. The second kappa shape index (κ2) is 4.76. The fourth-order valence-corrected chi connectivity index (χ4v) is 2.62. The quantitative estimate of drug-likeness (QED) is 0.680. The van der Waals surface area contributed by atoms with Gasteiger partial charge in [0.25, 0.3) is 5.91 Å². The number of rotatable bonds is 2. The summed E-state index contributed by atoms with van der Waals surface area (Å²) in [7, 11) is 1.67. The Labute approximate surface area is 122 Å². The number of likely N-dealkylation sites (N-methyl/N-ethyl adjacent to an activating group) is 1. The van der Waals surface area contributed by atoms with Crippen molar-refractivity contribution in [3.05, 3.63) is 41.7 Å². The maximum absolute atomic E-state index is 12.0. The largest absolute Gasteiger partial charge is 0.347 e. The highest BCUT2D eigenvalue weighted by atomic mass is 32.1. The molecular weight excluding hydrogens is 270 g/mol. The Kier molecular flexibility index (Phi) is 3.06. The Bertz CT molecular complexity index is 745. The van der Waals surface area contributed by atoms with E-state index in [-0.39, 0.29) is 5.91 Å². The number of benzene rings is 1. The van der Waals surface area contributed by atoms with E-state index in [1.54, 1.807) is 7.05 Å². The van der Waals surface area contributed by atoms with Gasteiger partial charge in [0.15, 0.2) is 5.11 Å². The number of nitrogens with one attached hydrogen (secondary N) is 1. The summed E-state index contributed by atoms with van der Waals surface area (Å²) in [6.45, 7) is 2.99. The molecule has 0 spiro atoms. The van der Waals surface area contributed by atoms with E-state index in [9.17, 15) is 4.79 Å². The van der Waals surface area contributed by atoms with Gasteiger partial charge in [-0.25, -0.2) is 0 Å². The minimum absolute atomic E-state index is 0.0941. The minimum atomic E-state index is -0.0941. The van der Waals surface area contributed by atoms with Crippen molar-refractivity contribution in [1.29, 1.82) is 0 Å². The average molecular weight is 285 g/mol. The molecule has 1 aromatic carbocycles. The van der Waals surface area contributed by atoms with E-state index in [4.69, 9.17) is 12.2 Å². The third kappa shape index (κ3) is 1.91. The van der Waals surface area contributed by atoms with Gasteiger partial charge in [0, 0.05) is 36.3 Å². The first kappa shape index (κ1) is 12.9. The third-order valence-corrected chi connectivity index (χ3v) is 3.92. The second-order valence-corrected chi connectivity index (χ2v) is 5.13. The molecule has 5 heteroatoms. The summed E-state index contributed by atoms with van der Waals surface area (Å²) < 4.78 is 2.17. The molecule has 1 N–H and O–H groups in total. The van der Waals surface area contributed by atoms with Gasteiger partial charge in [0.2, 0.25) is 0 Å². The summed E-state index contributed by atoms with van der Waals surface area (Å²) in [5.74, 6) is -0.0941. The standard InChI is InChI=1S/C15H15N3OS/c1-3-18-9-10(11-6-4-5-7-13(11)18)8-12-14(19)17(2)15(20)16-12/h4-9H,3H2,1-2H3,(H,16,20)/b12-8-. The summed E-state index contributed by atoms with van der Waals surface area (Å²) in [6, 6.07) is 8.18. The zero-order chi connectivity index (χ0) is 14.3. The van der Waals surface area contributed by atoms with Crippen LogP contribution in [0.15, 0.2) is 36.2 Å². The Morgan fingerprint density at radius 1 is 1.35 bits per heavy atom. The molecule has 1 saturated heterocycles. The number of aromatic nitrogens is 1. The van der Waals surface area contributed by atoms with E-state index >= 15 is 0 Å². The molecule has 2 aromatic rings. The number of amides is 1. The van der Waals surface area contributed by atoms with Gasteiger partial charge in [-0.05, 0) is 31.3 Å². The first-order chi connectivity index (χ1) is 9.61. The predicted octanol–water partition coefficient (Wildman–Crippen LogP) is 2.35. The zero-order valence-electron chi connectivity index (χ0n) is 11.4. The highest BCUT2D eigenvalue weighted by Gasteiger charge is 2.27. The average Bonchev–Trinajstić information content (AvgIpc) is 2.93. The van der Waals surface area contributed by atoms with Gasteiger partial charge in [-0.15, -0.1) is 0 Å². The van der Waals surface area contributed by atoms with Crippen molar-refractivity contribution in [2.75, 3.05) is 7.05 Å². The molecule has 20 heavy (non-hydrogen) atoms. The van der Waals surface area contributed by atoms with Crippen LogP contribution in [0.1, 0.15) is 12.5 Å². The van der Waals surface area contributed by atoms with Crippen molar-refractivity contribution < 1.29 is 4.79 Å². The van der Waals surface area contributed by atoms with Crippen LogP contribution in [0.2, 0.25) is 0 Å². The molecule has 1 aliphatic rings. The van der Waals surface area contributed by atoms with Gasteiger partial charge in [-0.1, -0.05) is 18.2 Å². The molecule has 0 aliphatic carbocycles. The number of nitrogens with zero attached hydrogens (tertiary/aromatic N) is 2. The number of para-hydroxylation sites is 1. The Balaban J connectivity index is 2.12. The van der Waals surface area contributed by atoms with Gasteiger partial charge < -0.3 is 9.88 Å². The lowest BCUT2D eigenvalue weighted by Crippen LogP contribution is -2.25. The SMILES string of the molecule is CCn1cc(/C=C2\NC(=S)N(C)C2=O)c2ccccc21. The van der Waals surface area contributed by atoms with Crippen LogP contribution in [0.5, 0.6) is 0 Å². The van der Waals surface area contributed by atoms with E-state index in [0.29, 0.717) is 10.8 Å². The summed E-state index contributed by atoms with van der Waals surface area (Å²) in [4.78, 5) is 13.5. The number of hydrogen-bond donors (Lipinski definition) is 1. The molecule has 102 valence electrons. The number of fused-ring (bicyclic) bond motifs is 1. The normalized spacial score (nSPS) is 17.3. The highest BCUT2D eigenvalue weighted by Crippen LogP contribution is 2.24. The Morgan fingerprint density at radius 2 is 2.10 bits per heavy atom. The molecule has 1 aliphatic heterocycles. The lowest BCUT2D eigenvalue weighted by Gasteiger charge is -2.02. The molecule has 1 fully saturated rings. The van der Waals surface area contributed by atoms with Gasteiger partial charge in [-0.3, -0.25) is 9.69 Å². The van der Waals surface area contributed by atoms with E-state index < -0.39 is 0 Å². The van der Waals surface area contributed by atoms with Crippen LogP contribution in [0.3, 0.4) is 0 Å². The second-order valence-electron chi connectivity index (χ2n) is 4.74. The first-order valence-corrected chi connectivity index (χ1v) is 6.91. The molecule has 2 heterocycles. The highest BCUT2D eigenvalue weighted by molar-refractivity contribution is 7.80. The Hall–Kier alpha value is -2.14. The lowest BCUT2D eigenvalue weighted by molar-refractivity contribution is -0.121. The smallest absolute Gasteiger partial charge is 0.276 e. The lowest BCUT2D eigenvalue weighted by atomic mass is 10.1. The van der Waals surface area contributed by atoms with E-state index in [0.717, 1.165) is 17.5 Å². The van der Waals surface area contributed by atoms with Crippen molar-refractivity contribution in [3.63, 3.8) is 0 Å². The number of thiocarbonyl (C=S) groups is 1. The van der Waals surface area contributed by atoms with E-state index in [2.05, 4.69) is 35.1 Å². The first-order valence-electron chi connectivity index (χ1n) is 6.50. The number of aryl methyl sites for hydroxylation is 1. The summed E-state index contributed by atoms with van der Waals surface area (Å²) >= 11 is 5.08. The zero-order valence-corrected chi connectivity index (χ0v) is 12.2. The molecule has 0 bridgehead atoms. The maximum atomic E-state index is 12.0. The third-order valence-electron chi connectivity index (χ3n) is 3.54. The van der Waals surface area contributed by atoms with Crippen LogP contribution in [-0.4, -0.2) is 27.5 Å². The molecule has 0 saturated carbocycles. The molecular formula is C15H15N3OS. The summed E-state index contributed by atoms with van der Waals surface area (Å²) in [5, 5.41) is 4.53. The van der Waals surface area contributed by atoms with Crippen molar-refractivity contribution in [2.24, 2.45) is 0 Å². The fourth-order valence-electron chi connectivity index (χ4n) is 2.43. The topological polar surface area (TPSA) is 37.3 Å². The van der Waals surface area contributed by atoms with Crippen LogP contribution in [0.4, 0.5) is 0 Å². The van der Waals surface area contributed by atoms with Gasteiger partial charge in [0.1, 0.15) is 5.70 Å². The van der Waals surface area contributed by atoms with Gasteiger partial charge in [-0.2, -0.15) is 0 Å². The van der Waals surface area contributed by atoms with Gasteiger partial charge >= 0.3 is 0 Å². The number of carbonyl (C=O) groups is 1. The van der Waals surface area contributed by atoms with Crippen molar-refractivity contribution in [2.45, 2.75) is 13.5 Å². The minimum Gasteiger partial charge on any atom is -0.347 e. The Morgan fingerprint density at radius 3 is 2.75 bits per heavy atom. The van der Waals surface area contributed by atoms with Crippen molar-refractivity contribution >= 4 is 40.2 Å². The number of hydrogen-bond acceptors (Lipinski definition) is 2. The van der Waals surface area contributed by atoms with Crippen LogP contribution in [0.25, 0.3) is 17.0 Å². The predicted molar refractivity (Wildman–Crippen MR) is 84.1 cm³/mol. The van der Waals surface area contributed by atoms with Crippen LogP contribution in [-0.2, 0) is 11.3 Å². The monoisotopic (exact) mass is 285 g/mol. The van der Waals surface area contributed by atoms with Crippen LogP contribution in [0, 0.1) is 0 Å². The molecule has 0 atom stereocenters. The molecule has 1 aromatic heterocycles. The molecule has 1 amide bonds.